The Labute approximate surface area is 168 Å². The Balaban J connectivity index is 1.40. The Kier molecular flexibility index (Phi) is 5.12. The van der Waals surface area contributed by atoms with Crippen LogP contribution in [0, 0.1) is 5.92 Å². The smallest absolute Gasteiger partial charge is 0.317 e. The molecule has 8 heteroatoms. The minimum Gasteiger partial charge on any atom is -0.506 e. The maximum absolute atomic E-state index is 12.6. The van der Waals surface area contributed by atoms with E-state index in [-0.39, 0.29) is 46.3 Å². The lowest BCUT2D eigenvalue weighted by Gasteiger charge is -2.50. The first-order chi connectivity index (χ1) is 12.9. The zero-order valence-corrected chi connectivity index (χ0v) is 16.4. The quantitative estimate of drug-likeness (QED) is 0.710. The third-order valence-electron chi connectivity index (χ3n) is 6.12. The molecule has 2 bridgehead atoms. The number of phenols is 1. The maximum atomic E-state index is 12.6. The van der Waals surface area contributed by atoms with E-state index < -0.39 is 0 Å². The number of piperidine rings is 2. The number of phenolic OH excluding ortho intramolecular Hbond substituents is 1. The van der Waals surface area contributed by atoms with E-state index in [2.05, 4.69) is 10.6 Å². The summed E-state index contributed by atoms with van der Waals surface area (Å²) in [4.78, 5) is 27.1. The van der Waals surface area contributed by atoms with Gasteiger partial charge in [-0.3, -0.25) is 4.79 Å². The molecule has 2 heterocycles. The predicted octanol–water partition coefficient (Wildman–Crippen LogP) is 3.54. The summed E-state index contributed by atoms with van der Waals surface area (Å²) in [6.45, 7) is 0.649. The Hall–Kier alpha value is -1.66. The second-order valence-corrected chi connectivity index (χ2v) is 8.66. The van der Waals surface area contributed by atoms with E-state index in [4.69, 9.17) is 23.2 Å². The van der Waals surface area contributed by atoms with Crippen molar-refractivity contribution in [1.82, 2.24) is 15.5 Å². The summed E-state index contributed by atoms with van der Waals surface area (Å²) in [6.07, 6.45) is 5.99. The van der Waals surface area contributed by atoms with Gasteiger partial charge in [-0.05, 0) is 56.6 Å². The SMILES string of the molecule is O=C(N[C@H]1C[C@@H]2CC[C@@H]1CN2C(=O)NC1CCC1)c1cc(Cl)cc(Cl)c1O. The number of nitrogens with one attached hydrogen (secondary N) is 2. The summed E-state index contributed by atoms with van der Waals surface area (Å²) in [6, 6.07) is 3.27. The fourth-order valence-electron chi connectivity index (χ4n) is 4.34. The van der Waals surface area contributed by atoms with Gasteiger partial charge in [0.05, 0.1) is 10.6 Å². The van der Waals surface area contributed by atoms with Gasteiger partial charge in [0, 0.05) is 29.7 Å². The van der Waals surface area contributed by atoms with E-state index >= 15 is 0 Å². The molecule has 2 aliphatic carbocycles. The van der Waals surface area contributed by atoms with Crippen molar-refractivity contribution in [2.45, 2.75) is 56.7 Å². The first-order valence-electron chi connectivity index (χ1n) is 9.48. The molecule has 0 unspecified atom stereocenters. The molecule has 3 N–H and O–H groups in total. The number of carbonyl (C=O) groups excluding carboxylic acids is 2. The van der Waals surface area contributed by atoms with Crippen molar-refractivity contribution in [3.05, 3.63) is 27.7 Å². The molecule has 5 rings (SSSR count). The number of aromatic hydroxyl groups is 1. The normalized spacial score (nSPS) is 27.2. The van der Waals surface area contributed by atoms with Gasteiger partial charge in [-0.2, -0.15) is 0 Å². The molecule has 2 aliphatic heterocycles. The van der Waals surface area contributed by atoms with E-state index in [1.54, 1.807) is 0 Å². The van der Waals surface area contributed by atoms with Gasteiger partial charge in [-0.25, -0.2) is 4.79 Å². The first kappa shape index (κ1) is 18.7. The van der Waals surface area contributed by atoms with Gasteiger partial charge >= 0.3 is 6.03 Å². The monoisotopic (exact) mass is 411 g/mol. The molecule has 4 fully saturated rings. The number of carbonyl (C=O) groups is 2. The zero-order valence-electron chi connectivity index (χ0n) is 14.9. The highest BCUT2D eigenvalue weighted by Gasteiger charge is 2.43. The topological polar surface area (TPSA) is 81.7 Å². The summed E-state index contributed by atoms with van der Waals surface area (Å²) in [7, 11) is 0. The average molecular weight is 412 g/mol. The van der Waals surface area contributed by atoms with Gasteiger partial charge in [0.25, 0.3) is 5.91 Å². The summed E-state index contributed by atoms with van der Waals surface area (Å²) in [5.74, 6) is -0.441. The van der Waals surface area contributed by atoms with Crippen molar-refractivity contribution in [3.8, 4) is 5.75 Å². The summed E-state index contributed by atoms with van der Waals surface area (Å²) < 4.78 is 0. The van der Waals surface area contributed by atoms with Crippen LogP contribution in [-0.2, 0) is 0 Å². The molecule has 4 aliphatic rings. The molecule has 6 nitrogen and oxygen atoms in total. The van der Waals surface area contributed by atoms with Crippen LogP contribution in [0.4, 0.5) is 4.79 Å². The molecule has 27 heavy (non-hydrogen) atoms. The van der Waals surface area contributed by atoms with Crippen molar-refractivity contribution in [2.24, 2.45) is 5.92 Å². The van der Waals surface area contributed by atoms with Crippen LogP contribution in [0.1, 0.15) is 48.9 Å². The molecule has 1 aromatic carbocycles. The Morgan fingerprint density at radius 3 is 2.52 bits per heavy atom. The average Bonchev–Trinajstić information content (AvgIpc) is 2.61. The lowest BCUT2D eigenvalue weighted by atomic mass is 9.76. The van der Waals surface area contributed by atoms with Crippen LogP contribution in [0.2, 0.25) is 10.0 Å². The first-order valence-corrected chi connectivity index (χ1v) is 10.2. The summed E-state index contributed by atoms with van der Waals surface area (Å²) in [5, 5.41) is 16.5. The van der Waals surface area contributed by atoms with Crippen molar-refractivity contribution < 1.29 is 14.7 Å². The molecule has 3 atom stereocenters. The van der Waals surface area contributed by atoms with Crippen LogP contribution in [0.3, 0.4) is 0 Å². The van der Waals surface area contributed by atoms with Crippen LogP contribution in [0.5, 0.6) is 5.75 Å². The minimum absolute atomic E-state index is 0.0263. The largest absolute Gasteiger partial charge is 0.506 e. The number of hydrogen-bond donors (Lipinski definition) is 3. The molecular formula is C19H23Cl2N3O3. The minimum atomic E-state index is -0.389. The number of urea groups is 1. The van der Waals surface area contributed by atoms with Crippen LogP contribution in [0.25, 0.3) is 0 Å². The number of hydrogen-bond acceptors (Lipinski definition) is 3. The molecule has 0 radical (unpaired) electrons. The highest BCUT2D eigenvalue weighted by Crippen LogP contribution is 2.37. The fraction of sp³-hybridized carbons (Fsp3) is 0.579. The van der Waals surface area contributed by atoms with Gasteiger partial charge in [0.15, 0.2) is 0 Å². The molecule has 0 aromatic heterocycles. The van der Waals surface area contributed by atoms with Crippen LogP contribution < -0.4 is 10.6 Å². The zero-order chi connectivity index (χ0) is 19.1. The molecule has 2 saturated carbocycles. The number of amides is 3. The molecule has 1 aromatic rings. The molecule has 146 valence electrons. The van der Waals surface area contributed by atoms with Crippen molar-refractivity contribution in [1.29, 1.82) is 0 Å². The maximum Gasteiger partial charge on any atom is 0.317 e. The molecule has 3 amide bonds. The highest BCUT2D eigenvalue weighted by atomic mass is 35.5. The number of benzene rings is 1. The lowest BCUT2D eigenvalue weighted by molar-refractivity contribution is 0.0433. The van der Waals surface area contributed by atoms with Gasteiger partial charge in [-0.15, -0.1) is 0 Å². The third kappa shape index (κ3) is 3.69. The second kappa shape index (κ2) is 7.40. The summed E-state index contributed by atoms with van der Waals surface area (Å²) >= 11 is 11.9. The van der Waals surface area contributed by atoms with E-state index in [1.165, 1.54) is 18.6 Å². The Morgan fingerprint density at radius 2 is 1.89 bits per heavy atom. The lowest BCUT2D eigenvalue weighted by Crippen LogP contribution is -2.62. The van der Waals surface area contributed by atoms with Crippen molar-refractivity contribution in [3.63, 3.8) is 0 Å². The third-order valence-corrected chi connectivity index (χ3v) is 6.63. The van der Waals surface area contributed by atoms with Crippen LogP contribution in [0.15, 0.2) is 12.1 Å². The van der Waals surface area contributed by atoms with E-state index in [9.17, 15) is 14.7 Å². The Morgan fingerprint density at radius 1 is 1.11 bits per heavy atom. The molecule has 2 saturated heterocycles. The number of rotatable bonds is 3. The number of halogens is 2. The Bertz CT molecular complexity index is 769. The van der Waals surface area contributed by atoms with E-state index in [0.29, 0.717) is 17.6 Å². The van der Waals surface area contributed by atoms with Crippen molar-refractivity contribution in [2.75, 3.05) is 6.54 Å². The van der Waals surface area contributed by atoms with Gasteiger partial charge < -0.3 is 20.6 Å². The number of nitrogens with zero attached hydrogens (tertiary/aromatic N) is 1. The highest BCUT2D eigenvalue weighted by molar-refractivity contribution is 6.36. The molecular weight excluding hydrogens is 389 g/mol. The van der Waals surface area contributed by atoms with Gasteiger partial charge in [-0.1, -0.05) is 23.2 Å². The van der Waals surface area contributed by atoms with Crippen LogP contribution in [-0.4, -0.2) is 46.6 Å². The number of fused-ring (bicyclic) bond motifs is 3. The van der Waals surface area contributed by atoms with Crippen LogP contribution >= 0.6 is 23.2 Å². The summed E-state index contributed by atoms with van der Waals surface area (Å²) in [5.41, 5.74) is 0.0773. The van der Waals surface area contributed by atoms with E-state index in [1.807, 2.05) is 4.90 Å². The van der Waals surface area contributed by atoms with E-state index in [0.717, 1.165) is 32.1 Å². The standard InChI is InChI=1S/C19H23Cl2N3O3/c20-11-6-14(17(25)15(21)7-11)18(26)23-16-8-13-5-4-10(16)9-24(13)19(27)22-12-2-1-3-12/h6-7,10,12-13,16,25H,1-5,8-9H2,(H,22,27)(H,23,26)/t10-,13+,16+/m1/s1. The van der Waals surface area contributed by atoms with Crippen molar-refractivity contribution >= 4 is 35.1 Å². The second-order valence-electron chi connectivity index (χ2n) is 7.82. The fourth-order valence-corrected chi connectivity index (χ4v) is 4.83. The van der Waals surface area contributed by atoms with Gasteiger partial charge in [0.2, 0.25) is 0 Å². The molecule has 0 spiro atoms. The predicted molar refractivity (Wildman–Crippen MR) is 103 cm³/mol. The van der Waals surface area contributed by atoms with Gasteiger partial charge in [0.1, 0.15) is 5.75 Å².